The molecule has 1 unspecified atom stereocenters. The smallest absolute Gasteiger partial charge is 0.407 e. The molecule has 8 heteroatoms. The van der Waals surface area contributed by atoms with Crippen molar-refractivity contribution < 1.29 is 23.5 Å². The Kier molecular flexibility index (Phi) is 12.3. The van der Waals surface area contributed by atoms with Crippen LogP contribution in [-0.2, 0) is 13.9 Å². The van der Waals surface area contributed by atoms with Crippen molar-refractivity contribution in [3.8, 4) is 0 Å². The van der Waals surface area contributed by atoms with E-state index in [1.54, 1.807) is 0 Å². The van der Waals surface area contributed by atoms with Crippen LogP contribution in [-0.4, -0.2) is 50.4 Å². The Morgan fingerprint density at radius 1 is 0.690 bits per heavy atom. The summed E-state index contributed by atoms with van der Waals surface area (Å²) < 4.78 is 18.3. The second kappa shape index (κ2) is 14.6. The molecule has 2 aromatic rings. The topological polar surface area (TPSA) is 85.9 Å². The van der Waals surface area contributed by atoms with Crippen molar-refractivity contribution in [2.75, 3.05) is 6.61 Å². The van der Waals surface area contributed by atoms with Crippen LogP contribution < -0.4 is 21.0 Å². The van der Waals surface area contributed by atoms with Crippen molar-refractivity contribution in [2.45, 2.75) is 117 Å². The van der Waals surface area contributed by atoms with Crippen LogP contribution in [0.15, 0.2) is 60.7 Å². The summed E-state index contributed by atoms with van der Waals surface area (Å²) in [5, 5.41) is 8.25. The maximum atomic E-state index is 13.0. The number of rotatable bonds is 11. The lowest BCUT2D eigenvalue weighted by Crippen LogP contribution is -2.67. The van der Waals surface area contributed by atoms with E-state index < -0.39 is 31.7 Å². The summed E-state index contributed by atoms with van der Waals surface area (Å²) in [6.07, 6.45) is 0.276. The highest BCUT2D eigenvalue weighted by atomic mass is 28.4. The van der Waals surface area contributed by atoms with Crippen LogP contribution in [0.25, 0.3) is 0 Å². The van der Waals surface area contributed by atoms with Gasteiger partial charge >= 0.3 is 12.2 Å². The Morgan fingerprint density at radius 3 is 1.50 bits per heavy atom. The van der Waals surface area contributed by atoms with Crippen molar-refractivity contribution in [1.82, 2.24) is 10.6 Å². The van der Waals surface area contributed by atoms with Gasteiger partial charge in [-0.25, -0.2) is 9.59 Å². The summed E-state index contributed by atoms with van der Waals surface area (Å²) in [5.41, 5.74) is -1.22. The molecule has 0 radical (unpaired) electrons. The van der Waals surface area contributed by atoms with E-state index in [4.69, 9.17) is 13.9 Å². The predicted molar refractivity (Wildman–Crippen MR) is 174 cm³/mol. The molecule has 0 saturated carbocycles. The van der Waals surface area contributed by atoms with Gasteiger partial charge in [0.05, 0.1) is 12.6 Å². The summed E-state index contributed by atoms with van der Waals surface area (Å²) in [4.78, 5) is 25.6. The normalized spacial score (nSPS) is 14.2. The van der Waals surface area contributed by atoms with Gasteiger partial charge < -0.3 is 24.5 Å². The van der Waals surface area contributed by atoms with Gasteiger partial charge in [0.2, 0.25) is 0 Å². The van der Waals surface area contributed by atoms with Gasteiger partial charge in [-0.05, 0) is 75.7 Å². The third-order valence-corrected chi connectivity index (χ3v) is 12.0. The van der Waals surface area contributed by atoms with Gasteiger partial charge in [0.25, 0.3) is 8.32 Å². The number of alkyl carbamates (subject to hydrolysis) is 2. The van der Waals surface area contributed by atoms with E-state index in [-0.39, 0.29) is 23.0 Å². The number of nitrogens with one attached hydrogen (secondary N) is 2. The van der Waals surface area contributed by atoms with Gasteiger partial charge in [-0.1, -0.05) is 95.3 Å². The fourth-order valence-corrected chi connectivity index (χ4v) is 9.68. The summed E-state index contributed by atoms with van der Waals surface area (Å²) in [6.45, 7) is 22.2. The molecule has 42 heavy (non-hydrogen) atoms. The fourth-order valence-electron chi connectivity index (χ4n) is 5.07. The Balaban J connectivity index is 2.40. The number of hydrogen-bond acceptors (Lipinski definition) is 5. The van der Waals surface area contributed by atoms with E-state index in [0.29, 0.717) is 19.4 Å². The Morgan fingerprint density at radius 2 is 1.12 bits per heavy atom. The molecule has 2 aromatic carbocycles. The second-order valence-electron chi connectivity index (χ2n) is 14.4. The van der Waals surface area contributed by atoms with Gasteiger partial charge in [-0.3, -0.25) is 0 Å². The molecule has 234 valence electrons. The van der Waals surface area contributed by atoms with Crippen molar-refractivity contribution in [1.29, 1.82) is 0 Å². The number of carbonyl (C=O) groups excluding carboxylic acids is 2. The number of hydrogen-bond donors (Lipinski definition) is 2. The standard InChI is InChI=1S/C34H54N2O5Si/c1-25(2)29(36-31(38)41-33(6,7)8)23-22-26(35-30(37)40-32(3,4)5)24-39-42(34(9,10)11,27-18-14-12-15-19-27)28-20-16-13-17-21-28/h12-21,25-26,29H,22-24H2,1-11H3,(H,35,37)(H,36,38)/t26-,29?/m0/s1. The number of benzene rings is 2. The van der Waals surface area contributed by atoms with E-state index in [1.807, 2.05) is 53.7 Å². The summed E-state index contributed by atoms with van der Waals surface area (Å²) in [7, 11) is -2.82. The maximum absolute atomic E-state index is 13.0. The van der Waals surface area contributed by atoms with Gasteiger partial charge in [0.1, 0.15) is 11.2 Å². The van der Waals surface area contributed by atoms with Gasteiger partial charge in [0, 0.05) is 6.04 Å². The van der Waals surface area contributed by atoms with Crippen LogP contribution in [0, 0.1) is 5.92 Å². The number of carbonyl (C=O) groups is 2. The molecule has 2 rings (SSSR count). The summed E-state index contributed by atoms with van der Waals surface area (Å²) in [5.74, 6) is 0.164. The van der Waals surface area contributed by atoms with Crippen molar-refractivity contribution in [2.24, 2.45) is 5.92 Å². The second-order valence-corrected chi connectivity index (χ2v) is 18.7. The monoisotopic (exact) mass is 598 g/mol. The van der Waals surface area contributed by atoms with Gasteiger partial charge in [-0.15, -0.1) is 0 Å². The fraction of sp³-hybridized carbons (Fsp3) is 0.588. The molecule has 2 N–H and O–H groups in total. The summed E-state index contributed by atoms with van der Waals surface area (Å²) >= 11 is 0. The van der Waals surface area contributed by atoms with Gasteiger partial charge in [0.15, 0.2) is 0 Å². The molecule has 0 aliphatic heterocycles. The van der Waals surface area contributed by atoms with Crippen molar-refractivity contribution in [3.05, 3.63) is 60.7 Å². The molecule has 0 aliphatic rings. The predicted octanol–water partition coefficient (Wildman–Crippen LogP) is 6.79. The van der Waals surface area contributed by atoms with Gasteiger partial charge in [-0.2, -0.15) is 0 Å². The zero-order chi connectivity index (χ0) is 31.8. The molecule has 0 spiro atoms. The Hall–Kier alpha value is -2.84. The van der Waals surface area contributed by atoms with Crippen molar-refractivity contribution >= 4 is 30.9 Å². The molecule has 0 bridgehead atoms. The minimum atomic E-state index is -2.82. The molecule has 0 aliphatic carbocycles. The van der Waals surface area contributed by atoms with E-state index in [9.17, 15) is 9.59 Å². The van der Waals surface area contributed by atoms with Crippen LogP contribution in [0.3, 0.4) is 0 Å². The van der Waals surface area contributed by atoms with Crippen LogP contribution in [0.2, 0.25) is 5.04 Å². The first-order valence-corrected chi connectivity index (χ1v) is 17.0. The molecule has 0 fully saturated rings. The van der Waals surface area contributed by atoms with E-state index >= 15 is 0 Å². The third-order valence-electron chi connectivity index (χ3n) is 6.97. The van der Waals surface area contributed by atoms with Crippen LogP contribution in [0.5, 0.6) is 0 Å². The van der Waals surface area contributed by atoms with E-state index in [2.05, 4.69) is 93.8 Å². The lowest BCUT2D eigenvalue weighted by Gasteiger charge is -2.43. The zero-order valence-corrected chi connectivity index (χ0v) is 28.7. The molecular formula is C34H54N2O5Si. The molecule has 0 saturated heterocycles. The quantitative estimate of drug-likeness (QED) is 0.278. The van der Waals surface area contributed by atoms with Crippen LogP contribution >= 0.6 is 0 Å². The maximum Gasteiger partial charge on any atom is 0.407 e. The molecule has 2 atom stereocenters. The van der Waals surface area contributed by atoms with Crippen LogP contribution in [0.1, 0.15) is 89.0 Å². The lowest BCUT2D eigenvalue weighted by molar-refractivity contribution is 0.0451. The first kappa shape index (κ1) is 35.4. The zero-order valence-electron chi connectivity index (χ0n) is 27.7. The largest absolute Gasteiger partial charge is 0.444 e. The highest BCUT2D eigenvalue weighted by molar-refractivity contribution is 6.99. The molecular weight excluding hydrogens is 544 g/mol. The van der Waals surface area contributed by atoms with Crippen LogP contribution in [0.4, 0.5) is 9.59 Å². The first-order chi connectivity index (χ1) is 19.3. The third kappa shape index (κ3) is 10.8. The highest BCUT2D eigenvalue weighted by Crippen LogP contribution is 2.37. The lowest BCUT2D eigenvalue weighted by atomic mass is 9.97. The number of ether oxygens (including phenoxy) is 2. The van der Waals surface area contributed by atoms with E-state index in [0.717, 1.165) is 0 Å². The highest BCUT2D eigenvalue weighted by Gasteiger charge is 2.50. The Bertz CT molecular complexity index is 1080. The molecule has 0 heterocycles. The minimum absolute atomic E-state index is 0.143. The average molecular weight is 599 g/mol. The van der Waals surface area contributed by atoms with E-state index in [1.165, 1.54) is 10.4 Å². The SMILES string of the molecule is CC(C)C(CC[C@@H](CO[Si](c1ccccc1)(c1ccccc1)C(C)(C)C)NC(=O)OC(C)(C)C)NC(=O)OC(C)(C)C. The molecule has 7 nitrogen and oxygen atoms in total. The van der Waals surface area contributed by atoms with Crippen molar-refractivity contribution in [3.63, 3.8) is 0 Å². The Labute approximate surface area is 255 Å². The average Bonchev–Trinajstić information content (AvgIpc) is 2.84. The first-order valence-electron chi connectivity index (χ1n) is 15.1. The molecule has 2 amide bonds. The molecule has 0 aromatic heterocycles. The summed E-state index contributed by atoms with van der Waals surface area (Å²) in [6, 6.07) is 20.4. The minimum Gasteiger partial charge on any atom is -0.444 e. The number of amides is 2.